The van der Waals surface area contributed by atoms with Crippen LogP contribution in [-0.2, 0) is 11.3 Å². The zero-order valence-electron chi connectivity index (χ0n) is 12.4. The highest BCUT2D eigenvalue weighted by molar-refractivity contribution is 5.76. The van der Waals surface area contributed by atoms with Crippen LogP contribution in [0, 0.1) is 6.92 Å². The van der Waals surface area contributed by atoms with Crippen molar-refractivity contribution in [3.63, 3.8) is 0 Å². The maximum atomic E-state index is 12.2. The first-order valence-electron chi connectivity index (χ1n) is 7.27. The summed E-state index contributed by atoms with van der Waals surface area (Å²) in [6, 6.07) is 6.81. The molecule has 1 aliphatic heterocycles. The van der Waals surface area contributed by atoms with E-state index in [0.717, 1.165) is 6.42 Å². The number of amides is 1. The van der Waals surface area contributed by atoms with Gasteiger partial charge in [0.15, 0.2) is 0 Å². The fourth-order valence-corrected chi connectivity index (χ4v) is 2.62. The van der Waals surface area contributed by atoms with Gasteiger partial charge in [-0.05, 0) is 19.1 Å². The van der Waals surface area contributed by atoms with Crippen molar-refractivity contribution in [2.45, 2.75) is 26.0 Å². The molecule has 116 valence electrons. The second-order valence-electron chi connectivity index (χ2n) is 5.45. The molecule has 2 aromatic rings. The van der Waals surface area contributed by atoms with E-state index in [-0.39, 0.29) is 12.0 Å². The first-order valence-corrected chi connectivity index (χ1v) is 7.27. The summed E-state index contributed by atoms with van der Waals surface area (Å²) < 4.78 is 12.5. The number of likely N-dealkylation sites (tertiary alicyclic amines) is 1. The molecule has 0 saturated carbocycles. The van der Waals surface area contributed by atoms with Crippen LogP contribution in [0.5, 0.6) is 5.75 Å². The van der Waals surface area contributed by atoms with Crippen molar-refractivity contribution >= 4 is 5.91 Å². The average Bonchev–Trinajstić information content (AvgIpc) is 3.09. The summed E-state index contributed by atoms with van der Waals surface area (Å²) >= 11 is 0. The molecule has 0 aromatic carbocycles. The molecule has 0 spiro atoms. The van der Waals surface area contributed by atoms with Crippen LogP contribution in [0.3, 0.4) is 0 Å². The summed E-state index contributed by atoms with van der Waals surface area (Å²) in [6.07, 6.45) is 4.41. The molecule has 0 N–H and O–H groups in total. The van der Waals surface area contributed by atoms with Gasteiger partial charge in [-0.2, -0.15) is 0 Å². The zero-order valence-corrected chi connectivity index (χ0v) is 12.4. The van der Waals surface area contributed by atoms with Gasteiger partial charge in [-0.25, -0.2) is 4.79 Å². The minimum atomic E-state index is -0.423. The molecule has 1 amide bonds. The van der Waals surface area contributed by atoms with Crippen LogP contribution in [0.4, 0.5) is 0 Å². The minimum absolute atomic E-state index is 0.0751. The number of hydrogen-bond acceptors (Lipinski definition) is 4. The lowest BCUT2D eigenvalue weighted by Crippen LogP contribution is -2.33. The van der Waals surface area contributed by atoms with Gasteiger partial charge in [-0.3, -0.25) is 4.79 Å². The van der Waals surface area contributed by atoms with Crippen molar-refractivity contribution < 1.29 is 13.9 Å². The Kier molecular flexibility index (Phi) is 4.00. The fourth-order valence-electron chi connectivity index (χ4n) is 2.62. The standard InChI is InChI=1S/C16H18N2O4/c1-12-8-14(9-16(20)21-12)22-13-4-7-18(10-13)15(19)11-17-5-2-3-6-17/h2-3,5-6,8-9,13H,4,7,10-11H2,1H3. The van der Waals surface area contributed by atoms with Crippen LogP contribution in [0.1, 0.15) is 12.2 Å². The number of ether oxygens (including phenoxy) is 1. The number of hydrogen-bond donors (Lipinski definition) is 0. The molecule has 3 heterocycles. The highest BCUT2D eigenvalue weighted by atomic mass is 16.5. The molecule has 3 rings (SSSR count). The lowest BCUT2D eigenvalue weighted by atomic mass is 10.3. The van der Waals surface area contributed by atoms with Gasteiger partial charge in [0.1, 0.15) is 24.2 Å². The Hall–Kier alpha value is -2.50. The summed E-state index contributed by atoms with van der Waals surface area (Å²) in [6.45, 7) is 3.26. The first-order chi connectivity index (χ1) is 10.6. The summed E-state index contributed by atoms with van der Waals surface area (Å²) in [5.74, 6) is 1.09. The van der Waals surface area contributed by atoms with Crippen LogP contribution in [0.25, 0.3) is 0 Å². The summed E-state index contributed by atoms with van der Waals surface area (Å²) in [5.41, 5.74) is -0.423. The molecular weight excluding hydrogens is 284 g/mol. The van der Waals surface area contributed by atoms with E-state index in [0.29, 0.717) is 31.1 Å². The van der Waals surface area contributed by atoms with E-state index in [2.05, 4.69) is 0 Å². The number of aryl methyl sites for hydroxylation is 1. The maximum Gasteiger partial charge on any atom is 0.339 e. The Morgan fingerprint density at radius 2 is 2.14 bits per heavy atom. The van der Waals surface area contributed by atoms with Crippen molar-refractivity contribution in [1.82, 2.24) is 9.47 Å². The van der Waals surface area contributed by atoms with Crippen molar-refractivity contribution in [2.75, 3.05) is 13.1 Å². The van der Waals surface area contributed by atoms with Crippen LogP contribution < -0.4 is 10.4 Å². The Bertz CT molecular complexity index is 705. The van der Waals surface area contributed by atoms with E-state index in [9.17, 15) is 9.59 Å². The maximum absolute atomic E-state index is 12.2. The molecule has 1 aliphatic rings. The Morgan fingerprint density at radius 3 is 2.86 bits per heavy atom. The van der Waals surface area contributed by atoms with E-state index in [4.69, 9.17) is 9.15 Å². The van der Waals surface area contributed by atoms with Crippen LogP contribution in [0.15, 0.2) is 45.9 Å². The van der Waals surface area contributed by atoms with E-state index in [1.54, 1.807) is 17.9 Å². The normalized spacial score (nSPS) is 17.7. The molecule has 0 bridgehead atoms. The molecule has 6 heteroatoms. The van der Waals surface area contributed by atoms with Crippen LogP contribution in [0.2, 0.25) is 0 Å². The summed E-state index contributed by atoms with van der Waals surface area (Å²) in [7, 11) is 0. The van der Waals surface area contributed by atoms with E-state index in [1.165, 1.54) is 6.07 Å². The predicted molar refractivity (Wildman–Crippen MR) is 79.8 cm³/mol. The van der Waals surface area contributed by atoms with Gasteiger partial charge >= 0.3 is 5.63 Å². The minimum Gasteiger partial charge on any atom is -0.488 e. The number of rotatable bonds is 4. The fraction of sp³-hybridized carbons (Fsp3) is 0.375. The van der Waals surface area contributed by atoms with Gasteiger partial charge < -0.3 is 18.6 Å². The van der Waals surface area contributed by atoms with Gasteiger partial charge in [0.05, 0.1) is 12.6 Å². The Balaban J connectivity index is 1.57. The van der Waals surface area contributed by atoms with E-state index >= 15 is 0 Å². The molecule has 1 atom stereocenters. The van der Waals surface area contributed by atoms with Gasteiger partial charge in [0.25, 0.3) is 0 Å². The number of carbonyl (C=O) groups excluding carboxylic acids is 1. The number of carbonyl (C=O) groups is 1. The number of nitrogens with zero attached hydrogens (tertiary/aromatic N) is 2. The van der Waals surface area contributed by atoms with Crippen LogP contribution in [-0.4, -0.2) is 34.6 Å². The van der Waals surface area contributed by atoms with Crippen molar-refractivity contribution in [3.8, 4) is 5.75 Å². The first kappa shape index (κ1) is 14.4. The van der Waals surface area contributed by atoms with Gasteiger partial charge in [-0.15, -0.1) is 0 Å². The molecule has 1 unspecified atom stereocenters. The monoisotopic (exact) mass is 302 g/mol. The third kappa shape index (κ3) is 3.39. The predicted octanol–water partition coefficient (Wildman–Crippen LogP) is 1.43. The smallest absolute Gasteiger partial charge is 0.339 e. The molecule has 6 nitrogen and oxygen atoms in total. The SMILES string of the molecule is Cc1cc(OC2CCN(C(=O)Cn3cccc3)C2)cc(=O)o1. The van der Waals surface area contributed by atoms with Gasteiger partial charge in [0.2, 0.25) is 5.91 Å². The van der Waals surface area contributed by atoms with Crippen molar-refractivity contribution in [2.24, 2.45) is 0 Å². The van der Waals surface area contributed by atoms with E-state index < -0.39 is 5.63 Å². The zero-order chi connectivity index (χ0) is 15.5. The highest BCUT2D eigenvalue weighted by Gasteiger charge is 2.27. The van der Waals surface area contributed by atoms with Gasteiger partial charge in [0, 0.05) is 31.4 Å². The van der Waals surface area contributed by atoms with Crippen LogP contribution >= 0.6 is 0 Å². The summed E-state index contributed by atoms with van der Waals surface area (Å²) in [5, 5.41) is 0. The lowest BCUT2D eigenvalue weighted by Gasteiger charge is -2.17. The number of aromatic nitrogens is 1. The lowest BCUT2D eigenvalue weighted by molar-refractivity contribution is -0.131. The second-order valence-corrected chi connectivity index (χ2v) is 5.45. The molecule has 1 fully saturated rings. The Morgan fingerprint density at radius 1 is 1.36 bits per heavy atom. The molecule has 2 aromatic heterocycles. The second kappa shape index (κ2) is 6.09. The summed E-state index contributed by atoms with van der Waals surface area (Å²) in [4.78, 5) is 25.3. The quantitative estimate of drug-likeness (QED) is 0.857. The molecular formula is C16H18N2O4. The van der Waals surface area contributed by atoms with Gasteiger partial charge in [-0.1, -0.05) is 0 Å². The third-order valence-electron chi connectivity index (χ3n) is 3.65. The Labute approximate surface area is 127 Å². The molecule has 0 aliphatic carbocycles. The molecule has 1 saturated heterocycles. The van der Waals surface area contributed by atoms with Crippen molar-refractivity contribution in [1.29, 1.82) is 0 Å². The van der Waals surface area contributed by atoms with E-state index in [1.807, 2.05) is 29.1 Å². The van der Waals surface area contributed by atoms with Crippen molar-refractivity contribution in [3.05, 3.63) is 52.8 Å². The topological polar surface area (TPSA) is 64.7 Å². The average molecular weight is 302 g/mol. The highest BCUT2D eigenvalue weighted by Crippen LogP contribution is 2.18. The largest absolute Gasteiger partial charge is 0.488 e. The molecule has 22 heavy (non-hydrogen) atoms. The molecule has 0 radical (unpaired) electrons. The third-order valence-corrected chi connectivity index (χ3v) is 3.65.